The third-order valence-electron chi connectivity index (χ3n) is 4.59. The molecule has 9 heteroatoms. The summed E-state index contributed by atoms with van der Waals surface area (Å²) in [5.74, 6) is 0.868. The summed E-state index contributed by atoms with van der Waals surface area (Å²) < 4.78 is 6.69. The third-order valence-corrected chi connectivity index (χ3v) is 4.59. The SMILES string of the molecule is COc1cc([C@H]2CC(=O)Nc3c2c(C)nn3-c2ccc(=O)[nH]n2)ccc1O. The van der Waals surface area contributed by atoms with Gasteiger partial charge >= 0.3 is 0 Å². The number of aryl methyl sites for hydroxylation is 1. The quantitative estimate of drug-likeness (QED) is 0.644. The molecule has 0 saturated carbocycles. The fourth-order valence-electron chi connectivity index (χ4n) is 3.36. The Kier molecular flexibility index (Phi) is 3.91. The number of amides is 1. The Balaban J connectivity index is 1.87. The molecule has 0 bridgehead atoms. The van der Waals surface area contributed by atoms with E-state index in [1.54, 1.807) is 18.2 Å². The van der Waals surface area contributed by atoms with E-state index >= 15 is 0 Å². The van der Waals surface area contributed by atoms with E-state index in [4.69, 9.17) is 4.74 Å². The highest BCUT2D eigenvalue weighted by atomic mass is 16.5. The normalized spacial score (nSPS) is 15.9. The van der Waals surface area contributed by atoms with Gasteiger partial charge in [0.25, 0.3) is 5.56 Å². The van der Waals surface area contributed by atoms with Crippen molar-refractivity contribution in [2.75, 3.05) is 12.4 Å². The smallest absolute Gasteiger partial charge is 0.264 e. The van der Waals surface area contributed by atoms with Gasteiger partial charge in [0.2, 0.25) is 5.91 Å². The third kappa shape index (κ3) is 2.82. The summed E-state index contributed by atoms with van der Waals surface area (Å²) in [6.07, 6.45) is 0.243. The summed E-state index contributed by atoms with van der Waals surface area (Å²) in [7, 11) is 1.48. The van der Waals surface area contributed by atoms with Crippen LogP contribution in [0.25, 0.3) is 5.82 Å². The molecule has 1 aromatic carbocycles. The lowest BCUT2D eigenvalue weighted by Gasteiger charge is -2.24. The van der Waals surface area contributed by atoms with Crippen LogP contribution in [0.4, 0.5) is 5.82 Å². The number of phenols is 1. The van der Waals surface area contributed by atoms with Crippen LogP contribution in [0, 0.1) is 6.92 Å². The first-order chi connectivity index (χ1) is 13.0. The second-order valence-corrected chi connectivity index (χ2v) is 6.28. The lowest BCUT2D eigenvalue weighted by Crippen LogP contribution is -2.25. The van der Waals surface area contributed by atoms with E-state index in [1.165, 1.54) is 23.9 Å². The molecule has 2 aromatic heterocycles. The Morgan fingerprint density at radius 1 is 1.26 bits per heavy atom. The molecule has 27 heavy (non-hydrogen) atoms. The Morgan fingerprint density at radius 2 is 2.07 bits per heavy atom. The molecule has 0 fully saturated rings. The molecule has 3 heterocycles. The molecule has 1 aliphatic heterocycles. The molecule has 138 valence electrons. The molecule has 1 amide bonds. The predicted octanol–water partition coefficient (Wildman–Crippen LogP) is 1.45. The van der Waals surface area contributed by atoms with Gasteiger partial charge in [-0.1, -0.05) is 6.07 Å². The predicted molar refractivity (Wildman–Crippen MR) is 96.5 cm³/mol. The number of nitrogens with zero attached hydrogens (tertiary/aromatic N) is 3. The number of fused-ring (bicyclic) bond motifs is 1. The molecule has 3 aromatic rings. The van der Waals surface area contributed by atoms with Crippen molar-refractivity contribution in [2.45, 2.75) is 19.3 Å². The number of aromatic amines is 1. The van der Waals surface area contributed by atoms with Crippen LogP contribution in [0.15, 0.2) is 35.1 Å². The molecule has 4 rings (SSSR count). The number of aromatic nitrogens is 4. The van der Waals surface area contributed by atoms with Crippen molar-refractivity contribution in [3.63, 3.8) is 0 Å². The molecule has 0 aliphatic carbocycles. The van der Waals surface area contributed by atoms with E-state index in [0.29, 0.717) is 17.4 Å². The summed E-state index contributed by atoms with van der Waals surface area (Å²) >= 11 is 0. The number of carbonyl (C=O) groups is 1. The van der Waals surface area contributed by atoms with Crippen molar-refractivity contribution in [3.05, 3.63) is 57.5 Å². The number of nitrogens with one attached hydrogen (secondary N) is 2. The summed E-state index contributed by atoms with van der Waals surface area (Å²) in [5.41, 5.74) is 2.10. The minimum absolute atomic E-state index is 0.0339. The average Bonchev–Trinajstić information content (AvgIpc) is 2.98. The van der Waals surface area contributed by atoms with Crippen LogP contribution in [0.3, 0.4) is 0 Å². The van der Waals surface area contributed by atoms with Crippen LogP contribution in [-0.4, -0.2) is 38.1 Å². The second-order valence-electron chi connectivity index (χ2n) is 6.28. The number of rotatable bonds is 3. The van der Waals surface area contributed by atoms with Gasteiger partial charge in [0, 0.05) is 24.0 Å². The van der Waals surface area contributed by atoms with Crippen molar-refractivity contribution in [1.29, 1.82) is 0 Å². The van der Waals surface area contributed by atoms with Crippen LogP contribution < -0.4 is 15.6 Å². The van der Waals surface area contributed by atoms with E-state index in [9.17, 15) is 14.7 Å². The van der Waals surface area contributed by atoms with E-state index in [1.807, 2.05) is 6.92 Å². The minimum atomic E-state index is -0.324. The molecule has 1 aliphatic rings. The number of aromatic hydroxyl groups is 1. The highest BCUT2D eigenvalue weighted by molar-refractivity contribution is 5.95. The summed E-state index contributed by atoms with van der Waals surface area (Å²) in [4.78, 5) is 23.6. The lowest BCUT2D eigenvalue weighted by atomic mass is 9.85. The second kappa shape index (κ2) is 6.27. The van der Waals surface area contributed by atoms with Gasteiger partial charge in [-0.25, -0.2) is 5.10 Å². The maximum atomic E-state index is 12.4. The summed E-state index contributed by atoms with van der Waals surface area (Å²) in [6, 6.07) is 7.91. The molecule has 0 saturated heterocycles. The van der Waals surface area contributed by atoms with Crippen LogP contribution in [0.1, 0.15) is 29.2 Å². The number of anilines is 1. The number of phenolic OH excluding ortho intramolecular Hbond substituents is 1. The number of hydrogen-bond acceptors (Lipinski definition) is 6. The maximum absolute atomic E-state index is 12.4. The van der Waals surface area contributed by atoms with Gasteiger partial charge in [0.1, 0.15) is 5.82 Å². The van der Waals surface area contributed by atoms with Gasteiger partial charge in [0.15, 0.2) is 17.3 Å². The van der Waals surface area contributed by atoms with Gasteiger partial charge in [-0.15, -0.1) is 0 Å². The van der Waals surface area contributed by atoms with E-state index in [2.05, 4.69) is 20.6 Å². The van der Waals surface area contributed by atoms with Gasteiger partial charge in [-0.05, 0) is 30.7 Å². The molecule has 0 unspecified atom stereocenters. The maximum Gasteiger partial charge on any atom is 0.264 e. The van der Waals surface area contributed by atoms with Gasteiger partial charge in [-0.2, -0.15) is 14.9 Å². The minimum Gasteiger partial charge on any atom is -0.504 e. The Hall–Kier alpha value is -3.62. The molecule has 0 radical (unpaired) electrons. The van der Waals surface area contributed by atoms with Crippen molar-refractivity contribution in [3.8, 4) is 17.3 Å². The van der Waals surface area contributed by atoms with Gasteiger partial charge in [-0.3, -0.25) is 9.59 Å². The van der Waals surface area contributed by atoms with Crippen LogP contribution in [0.5, 0.6) is 11.5 Å². The molecule has 0 spiro atoms. The summed E-state index contributed by atoms with van der Waals surface area (Å²) in [5, 5.41) is 23.6. The molecular formula is C18H17N5O4. The average molecular weight is 367 g/mol. The number of methoxy groups -OCH3 is 1. The summed E-state index contributed by atoms with van der Waals surface area (Å²) in [6.45, 7) is 1.85. The number of hydrogen-bond donors (Lipinski definition) is 3. The molecule has 1 atom stereocenters. The molecular weight excluding hydrogens is 350 g/mol. The van der Waals surface area contributed by atoms with E-state index in [0.717, 1.165) is 16.8 Å². The molecule has 3 N–H and O–H groups in total. The first-order valence-corrected chi connectivity index (χ1v) is 8.30. The van der Waals surface area contributed by atoms with E-state index in [-0.39, 0.29) is 29.6 Å². The standard InChI is InChI=1S/C18H17N5O4/c1-9-17-11(10-3-4-12(24)13(7-10)27-2)8-16(26)19-18(17)23(22-9)14-5-6-15(25)21-20-14/h3-7,11,24H,8H2,1-2H3,(H,19,26)(H,21,25)/t11-/m1/s1. The Bertz CT molecular complexity index is 1080. The topological polar surface area (TPSA) is 122 Å². The monoisotopic (exact) mass is 367 g/mol. The van der Waals surface area contributed by atoms with Crippen LogP contribution in [-0.2, 0) is 4.79 Å². The number of H-pyrrole nitrogens is 1. The largest absolute Gasteiger partial charge is 0.504 e. The lowest BCUT2D eigenvalue weighted by molar-refractivity contribution is -0.116. The number of benzene rings is 1. The van der Waals surface area contributed by atoms with E-state index < -0.39 is 0 Å². The Morgan fingerprint density at radius 3 is 2.78 bits per heavy atom. The van der Waals surface area contributed by atoms with Crippen LogP contribution in [0.2, 0.25) is 0 Å². The zero-order valence-corrected chi connectivity index (χ0v) is 14.7. The first-order valence-electron chi connectivity index (χ1n) is 8.30. The van der Waals surface area contributed by atoms with Crippen molar-refractivity contribution < 1.29 is 14.6 Å². The fraction of sp³-hybridized carbons (Fsp3) is 0.222. The Labute approximate surface area is 153 Å². The molecule has 9 nitrogen and oxygen atoms in total. The first kappa shape index (κ1) is 16.8. The highest BCUT2D eigenvalue weighted by Gasteiger charge is 2.33. The fourth-order valence-corrected chi connectivity index (χ4v) is 3.36. The van der Waals surface area contributed by atoms with Gasteiger partial charge < -0.3 is 15.2 Å². The zero-order valence-electron chi connectivity index (χ0n) is 14.7. The van der Waals surface area contributed by atoms with Crippen molar-refractivity contribution in [1.82, 2.24) is 20.0 Å². The zero-order chi connectivity index (χ0) is 19.1. The van der Waals surface area contributed by atoms with Crippen molar-refractivity contribution in [2.24, 2.45) is 0 Å². The number of ether oxygens (including phenoxy) is 1. The van der Waals surface area contributed by atoms with Crippen molar-refractivity contribution >= 4 is 11.7 Å². The van der Waals surface area contributed by atoms with Gasteiger partial charge in [0.05, 0.1) is 12.8 Å². The highest BCUT2D eigenvalue weighted by Crippen LogP contribution is 2.41. The van der Waals surface area contributed by atoms with Crippen LogP contribution >= 0.6 is 0 Å². The number of carbonyl (C=O) groups excluding carboxylic acids is 1.